The number of fused-ring (bicyclic) bond motifs is 1. The van der Waals surface area contributed by atoms with Crippen LogP contribution in [0.5, 0.6) is 0 Å². The van der Waals surface area contributed by atoms with Crippen molar-refractivity contribution in [3.63, 3.8) is 0 Å². The molecule has 2 aliphatic rings. The average Bonchev–Trinajstić information content (AvgIpc) is 2.62. The summed E-state index contributed by atoms with van der Waals surface area (Å²) in [4.78, 5) is 4.94. The van der Waals surface area contributed by atoms with Crippen LogP contribution in [0, 0.1) is 0 Å². The topological polar surface area (TPSA) is 30.5 Å². The van der Waals surface area contributed by atoms with Crippen molar-refractivity contribution in [3.05, 3.63) is 53.1 Å². The molecule has 2 aromatic carbocycles. The van der Waals surface area contributed by atoms with Crippen molar-refractivity contribution >= 4 is 28.7 Å². The predicted octanol–water partition coefficient (Wildman–Crippen LogP) is 3.50. The first-order chi connectivity index (χ1) is 11.8. The summed E-state index contributed by atoms with van der Waals surface area (Å²) in [5, 5.41) is 7.71. The lowest BCUT2D eigenvalue weighted by atomic mass is 10.1. The fourth-order valence-electron chi connectivity index (χ4n) is 3.48. The summed E-state index contributed by atoms with van der Waals surface area (Å²) in [5.41, 5.74) is 5.06. The Morgan fingerprint density at radius 2 is 1.67 bits per heavy atom. The molecule has 2 aliphatic heterocycles. The Morgan fingerprint density at radius 3 is 2.46 bits per heavy atom. The highest BCUT2D eigenvalue weighted by Gasteiger charge is 2.18. The second kappa shape index (κ2) is 6.91. The van der Waals surface area contributed by atoms with E-state index in [2.05, 4.69) is 50.8 Å². The Balaban J connectivity index is 1.36. The lowest BCUT2D eigenvalue weighted by molar-refractivity contribution is 0.250. The largest absolute Gasteiger partial charge is 0.382 e. The number of anilines is 3. The number of nitrogens with zero attached hydrogens (tertiary/aromatic N) is 2. The molecule has 24 heavy (non-hydrogen) atoms. The van der Waals surface area contributed by atoms with Crippen molar-refractivity contribution in [2.45, 2.75) is 6.54 Å². The first-order valence-electron chi connectivity index (χ1n) is 8.61. The Kier molecular flexibility index (Phi) is 4.50. The van der Waals surface area contributed by atoms with Crippen LogP contribution in [0.3, 0.4) is 0 Å². The second-order valence-corrected chi connectivity index (χ2v) is 6.91. The van der Waals surface area contributed by atoms with Crippen LogP contribution in [0.1, 0.15) is 5.56 Å². The van der Waals surface area contributed by atoms with Gasteiger partial charge in [0.05, 0.1) is 11.4 Å². The monoisotopic (exact) mass is 342 g/mol. The molecule has 0 spiro atoms. The molecule has 5 heteroatoms. The Bertz CT molecular complexity index is 710. The minimum atomic E-state index is 0.810. The van der Waals surface area contributed by atoms with Gasteiger partial charge >= 0.3 is 0 Å². The molecule has 0 unspecified atom stereocenters. The molecule has 2 aromatic rings. The maximum Gasteiger partial charge on any atom is 0.0579 e. The van der Waals surface area contributed by atoms with E-state index in [4.69, 9.17) is 11.6 Å². The van der Waals surface area contributed by atoms with Crippen molar-refractivity contribution in [2.24, 2.45) is 0 Å². The van der Waals surface area contributed by atoms with Crippen molar-refractivity contribution in [3.8, 4) is 0 Å². The summed E-state index contributed by atoms with van der Waals surface area (Å²) >= 11 is 6.11. The molecule has 1 saturated heterocycles. The molecule has 1 fully saturated rings. The van der Waals surface area contributed by atoms with E-state index in [1.165, 1.54) is 22.6 Å². The maximum absolute atomic E-state index is 6.11. The highest BCUT2D eigenvalue weighted by atomic mass is 35.5. The van der Waals surface area contributed by atoms with Crippen LogP contribution in [0.2, 0.25) is 5.02 Å². The number of rotatable bonds is 3. The standard InChI is InChI=1S/C19H23ClN4/c20-16-2-1-3-17(13-16)24-10-8-23(9-11-24)14-15-4-5-18-19(12-15)22-7-6-21-18/h1-5,12-13,21-22H,6-11,14H2. The molecule has 126 valence electrons. The van der Waals surface area contributed by atoms with Gasteiger partial charge in [-0.1, -0.05) is 23.7 Å². The van der Waals surface area contributed by atoms with Gasteiger partial charge in [0.15, 0.2) is 0 Å². The zero-order chi connectivity index (χ0) is 16.4. The summed E-state index contributed by atoms with van der Waals surface area (Å²) in [6.07, 6.45) is 0. The lowest BCUT2D eigenvalue weighted by Crippen LogP contribution is -2.45. The third kappa shape index (κ3) is 3.45. The Labute approximate surface area is 148 Å². The number of piperazine rings is 1. The minimum absolute atomic E-state index is 0.810. The van der Waals surface area contributed by atoms with E-state index < -0.39 is 0 Å². The molecular formula is C19H23ClN4. The quantitative estimate of drug-likeness (QED) is 0.893. The van der Waals surface area contributed by atoms with E-state index in [0.717, 1.165) is 50.8 Å². The van der Waals surface area contributed by atoms with E-state index in [-0.39, 0.29) is 0 Å². The zero-order valence-electron chi connectivity index (χ0n) is 13.8. The molecule has 0 radical (unpaired) electrons. The number of benzene rings is 2. The van der Waals surface area contributed by atoms with Gasteiger partial charge in [-0.3, -0.25) is 4.90 Å². The van der Waals surface area contributed by atoms with E-state index >= 15 is 0 Å². The molecule has 2 N–H and O–H groups in total. The fourth-order valence-corrected chi connectivity index (χ4v) is 3.66. The summed E-state index contributed by atoms with van der Waals surface area (Å²) in [6, 6.07) is 14.9. The second-order valence-electron chi connectivity index (χ2n) is 6.48. The van der Waals surface area contributed by atoms with Gasteiger partial charge in [0.1, 0.15) is 0 Å². The third-order valence-electron chi connectivity index (χ3n) is 4.79. The number of halogens is 1. The molecule has 0 amide bonds. The van der Waals surface area contributed by atoms with Crippen LogP contribution in [0.25, 0.3) is 0 Å². The normalized spacial score (nSPS) is 17.8. The molecule has 0 aliphatic carbocycles. The molecule has 0 aromatic heterocycles. The first-order valence-corrected chi connectivity index (χ1v) is 8.99. The zero-order valence-corrected chi connectivity index (χ0v) is 14.5. The minimum Gasteiger partial charge on any atom is -0.382 e. The average molecular weight is 343 g/mol. The van der Waals surface area contributed by atoms with Gasteiger partial charge in [0, 0.05) is 56.5 Å². The predicted molar refractivity (Wildman–Crippen MR) is 102 cm³/mol. The summed E-state index contributed by atoms with van der Waals surface area (Å²) in [5.74, 6) is 0. The molecule has 2 heterocycles. The molecule has 4 nitrogen and oxygen atoms in total. The van der Waals surface area contributed by atoms with E-state index in [1.807, 2.05) is 12.1 Å². The van der Waals surface area contributed by atoms with Crippen molar-refractivity contribution in [2.75, 3.05) is 54.8 Å². The van der Waals surface area contributed by atoms with Crippen LogP contribution in [0.4, 0.5) is 17.1 Å². The van der Waals surface area contributed by atoms with Crippen LogP contribution in [0.15, 0.2) is 42.5 Å². The van der Waals surface area contributed by atoms with Crippen molar-refractivity contribution < 1.29 is 0 Å². The lowest BCUT2D eigenvalue weighted by Gasteiger charge is -2.36. The summed E-state index contributed by atoms with van der Waals surface area (Å²) in [6.45, 7) is 7.26. The maximum atomic E-state index is 6.11. The van der Waals surface area contributed by atoms with Gasteiger partial charge in [0.25, 0.3) is 0 Å². The highest BCUT2D eigenvalue weighted by Crippen LogP contribution is 2.26. The Morgan fingerprint density at radius 1 is 0.875 bits per heavy atom. The summed E-state index contributed by atoms with van der Waals surface area (Å²) < 4.78 is 0. The van der Waals surface area contributed by atoms with E-state index in [9.17, 15) is 0 Å². The number of hydrogen-bond acceptors (Lipinski definition) is 4. The van der Waals surface area contributed by atoms with Gasteiger partial charge in [-0.2, -0.15) is 0 Å². The first kappa shape index (κ1) is 15.6. The fraction of sp³-hybridized carbons (Fsp3) is 0.368. The molecule has 0 saturated carbocycles. The van der Waals surface area contributed by atoms with Gasteiger partial charge in [-0.15, -0.1) is 0 Å². The highest BCUT2D eigenvalue weighted by molar-refractivity contribution is 6.30. The van der Waals surface area contributed by atoms with Crippen molar-refractivity contribution in [1.29, 1.82) is 0 Å². The number of hydrogen-bond donors (Lipinski definition) is 2. The van der Waals surface area contributed by atoms with Crippen LogP contribution in [-0.2, 0) is 6.54 Å². The van der Waals surface area contributed by atoms with Crippen LogP contribution < -0.4 is 15.5 Å². The summed E-state index contributed by atoms with van der Waals surface area (Å²) in [7, 11) is 0. The molecule has 0 bridgehead atoms. The number of nitrogens with one attached hydrogen (secondary N) is 2. The third-order valence-corrected chi connectivity index (χ3v) is 5.03. The smallest absolute Gasteiger partial charge is 0.0579 e. The van der Waals surface area contributed by atoms with Gasteiger partial charge < -0.3 is 15.5 Å². The molecular weight excluding hydrogens is 320 g/mol. The molecule has 0 atom stereocenters. The molecule has 4 rings (SSSR count). The van der Waals surface area contributed by atoms with E-state index in [0.29, 0.717) is 0 Å². The van der Waals surface area contributed by atoms with E-state index in [1.54, 1.807) is 0 Å². The van der Waals surface area contributed by atoms with Gasteiger partial charge in [-0.05, 0) is 35.9 Å². The van der Waals surface area contributed by atoms with Crippen LogP contribution >= 0.6 is 11.6 Å². The van der Waals surface area contributed by atoms with Gasteiger partial charge in [0.2, 0.25) is 0 Å². The van der Waals surface area contributed by atoms with Crippen LogP contribution in [-0.4, -0.2) is 44.2 Å². The van der Waals surface area contributed by atoms with Crippen molar-refractivity contribution in [1.82, 2.24) is 4.90 Å². The van der Waals surface area contributed by atoms with Gasteiger partial charge in [-0.25, -0.2) is 0 Å². The Hall–Kier alpha value is -1.91. The SMILES string of the molecule is Clc1cccc(N2CCN(Cc3ccc4c(c3)NCCN4)CC2)c1.